The van der Waals surface area contributed by atoms with E-state index in [4.69, 9.17) is 4.74 Å². The van der Waals surface area contributed by atoms with E-state index >= 15 is 0 Å². The van der Waals surface area contributed by atoms with Crippen LogP contribution in [0.1, 0.15) is 23.7 Å². The van der Waals surface area contributed by atoms with Crippen molar-refractivity contribution >= 4 is 27.5 Å². The number of amides is 1. The molecule has 1 aromatic heterocycles. The summed E-state index contributed by atoms with van der Waals surface area (Å²) < 4.78 is 8.42. The first-order valence-electron chi connectivity index (χ1n) is 7.54. The summed E-state index contributed by atoms with van der Waals surface area (Å²) in [6.07, 6.45) is 0.987. The minimum Gasteiger partial charge on any atom is -0.497 e. The molecular formula is C18H18N2O2S. The number of benzene rings is 2. The Morgan fingerprint density at radius 2 is 2.04 bits per heavy atom. The zero-order valence-corrected chi connectivity index (χ0v) is 14.0. The highest BCUT2D eigenvalue weighted by Gasteiger charge is 2.09. The van der Waals surface area contributed by atoms with Gasteiger partial charge in [-0.25, -0.2) is 0 Å². The zero-order valence-electron chi connectivity index (χ0n) is 13.2. The summed E-state index contributed by atoms with van der Waals surface area (Å²) in [5.41, 5.74) is 1.65. The van der Waals surface area contributed by atoms with Crippen LogP contribution in [0, 0.1) is 0 Å². The third-order valence-electron chi connectivity index (χ3n) is 3.55. The summed E-state index contributed by atoms with van der Waals surface area (Å²) in [7, 11) is 1.59. The van der Waals surface area contributed by atoms with Gasteiger partial charge in [0, 0.05) is 12.1 Å². The van der Waals surface area contributed by atoms with E-state index in [0.29, 0.717) is 11.3 Å². The summed E-state index contributed by atoms with van der Waals surface area (Å²) in [6.45, 7) is 2.96. The molecule has 5 heteroatoms. The minimum absolute atomic E-state index is 0.250. The molecule has 3 rings (SSSR count). The fraction of sp³-hybridized carbons (Fsp3) is 0.222. The number of aromatic nitrogens is 1. The Morgan fingerprint density at radius 1 is 1.22 bits per heavy atom. The van der Waals surface area contributed by atoms with Gasteiger partial charge in [0.25, 0.3) is 5.91 Å². The lowest BCUT2D eigenvalue weighted by molar-refractivity contribution is 0.0997. The van der Waals surface area contributed by atoms with Crippen LogP contribution >= 0.6 is 11.3 Å². The van der Waals surface area contributed by atoms with Gasteiger partial charge in [0.2, 0.25) is 0 Å². The highest BCUT2D eigenvalue weighted by Crippen LogP contribution is 2.18. The first kappa shape index (κ1) is 15.5. The molecule has 0 aliphatic heterocycles. The van der Waals surface area contributed by atoms with Gasteiger partial charge in [-0.05, 0) is 36.8 Å². The third-order valence-corrected chi connectivity index (χ3v) is 4.61. The Morgan fingerprint density at radius 3 is 2.83 bits per heavy atom. The van der Waals surface area contributed by atoms with Gasteiger partial charge in [0.15, 0.2) is 4.80 Å². The number of fused-ring (bicyclic) bond motifs is 1. The van der Waals surface area contributed by atoms with Crippen LogP contribution in [0.2, 0.25) is 0 Å². The molecule has 4 nitrogen and oxygen atoms in total. The molecule has 0 fully saturated rings. The summed E-state index contributed by atoms with van der Waals surface area (Å²) >= 11 is 1.54. The van der Waals surface area contributed by atoms with Crippen molar-refractivity contribution in [2.45, 2.75) is 19.9 Å². The topological polar surface area (TPSA) is 43.6 Å². The van der Waals surface area contributed by atoms with Gasteiger partial charge < -0.3 is 9.30 Å². The second-order valence-electron chi connectivity index (χ2n) is 5.15. The maximum absolute atomic E-state index is 12.5. The Labute approximate surface area is 138 Å². The monoisotopic (exact) mass is 326 g/mol. The van der Waals surface area contributed by atoms with Crippen LogP contribution in [0.4, 0.5) is 0 Å². The summed E-state index contributed by atoms with van der Waals surface area (Å²) in [5.74, 6) is 0.407. The molecule has 0 saturated carbocycles. The summed E-state index contributed by atoms with van der Waals surface area (Å²) in [5, 5.41) is 0. The average Bonchev–Trinajstić information content (AvgIpc) is 2.93. The van der Waals surface area contributed by atoms with E-state index in [-0.39, 0.29) is 5.91 Å². The van der Waals surface area contributed by atoms with Crippen molar-refractivity contribution in [3.05, 3.63) is 58.9 Å². The lowest BCUT2D eigenvalue weighted by Crippen LogP contribution is -2.16. The van der Waals surface area contributed by atoms with Gasteiger partial charge in [-0.15, -0.1) is 0 Å². The first-order valence-corrected chi connectivity index (χ1v) is 8.36. The third kappa shape index (κ3) is 3.19. The van der Waals surface area contributed by atoms with Crippen LogP contribution in [-0.2, 0) is 6.54 Å². The van der Waals surface area contributed by atoms with E-state index in [2.05, 4.69) is 28.6 Å². The van der Waals surface area contributed by atoms with Gasteiger partial charge in [-0.1, -0.05) is 36.5 Å². The molecule has 118 valence electrons. The Bertz CT molecular complexity index is 909. The molecule has 0 aliphatic carbocycles. The van der Waals surface area contributed by atoms with Crippen molar-refractivity contribution in [2.24, 2.45) is 4.99 Å². The molecular weight excluding hydrogens is 308 g/mol. The molecule has 0 N–H and O–H groups in total. The van der Waals surface area contributed by atoms with Gasteiger partial charge in [0.1, 0.15) is 5.75 Å². The van der Waals surface area contributed by atoms with Gasteiger partial charge in [-0.3, -0.25) is 4.79 Å². The van der Waals surface area contributed by atoms with E-state index < -0.39 is 0 Å². The summed E-state index contributed by atoms with van der Waals surface area (Å²) in [6, 6.07) is 15.2. The number of thiazole rings is 1. The van der Waals surface area contributed by atoms with Gasteiger partial charge in [0.05, 0.1) is 17.3 Å². The Balaban J connectivity index is 2.09. The molecule has 0 spiro atoms. The van der Waals surface area contributed by atoms with E-state index in [1.807, 2.05) is 18.2 Å². The highest BCUT2D eigenvalue weighted by atomic mass is 32.1. The van der Waals surface area contributed by atoms with Crippen molar-refractivity contribution < 1.29 is 9.53 Å². The Hall–Kier alpha value is -2.40. The minimum atomic E-state index is -0.250. The number of nitrogens with zero attached hydrogens (tertiary/aromatic N) is 2. The molecule has 2 aromatic carbocycles. The number of methoxy groups -OCH3 is 1. The Kier molecular flexibility index (Phi) is 4.57. The smallest absolute Gasteiger partial charge is 0.279 e. The zero-order chi connectivity index (χ0) is 16.2. The highest BCUT2D eigenvalue weighted by molar-refractivity contribution is 7.16. The van der Waals surface area contributed by atoms with Crippen molar-refractivity contribution in [1.29, 1.82) is 0 Å². The van der Waals surface area contributed by atoms with E-state index in [9.17, 15) is 4.79 Å². The van der Waals surface area contributed by atoms with Crippen LogP contribution in [0.3, 0.4) is 0 Å². The van der Waals surface area contributed by atoms with E-state index in [1.165, 1.54) is 0 Å². The first-order chi connectivity index (χ1) is 11.2. The van der Waals surface area contributed by atoms with E-state index in [1.54, 1.807) is 36.6 Å². The fourth-order valence-corrected chi connectivity index (χ4v) is 3.51. The molecule has 0 atom stereocenters. The van der Waals surface area contributed by atoms with Crippen LogP contribution in [-0.4, -0.2) is 17.6 Å². The predicted molar refractivity (Wildman–Crippen MR) is 93.0 cm³/mol. The maximum atomic E-state index is 12.5. The number of carbonyl (C=O) groups is 1. The second-order valence-corrected chi connectivity index (χ2v) is 6.16. The molecule has 0 saturated heterocycles. The molecule has 0 unspecified atom stereocenters. The molecule has 0 aliphatic rings. The predicted octanol–water partition coefficient (Wildman–Crippen LogP) is 3.86. The number of hydrogen-bond donors (Lipinski definition) is 0. The van der Waals surface area contributed by atoms with Crippen LogP contribution < -0.4 is 9.54 Å². The maximum Gasteiger partial charge on any atom is 0.279 e. The number of hydrogen-bond acceptors (Lipinski definition) is 3. The van der Waals surface area contributed by atoms with Crippen molar-refractivity contribution in [2.75, 3.05) is 7.11 Å². The molecule has 1 heterocycles. The molecule has 0 radical (unpaired) electrons. The van der Waals surface area contributed by atoms with Crippen molar-refractivity contribution in [3.63, 3.8) is 0 Å². The largest absolute Gasteiger partial charge is 0.497 e. The van der Waals surface area contributed by atoms with Crippen LogP contribution in [0.15, 0.2) is 53.5 Å². The number of rotatable bonds is 4. The molecule has 23 heavy (non-hydrogen) atoms. The lowest BCUT2D eigenvalue weighted by atomic mass is 10.2. The lowest BCUT2D eigenvalue weighted by Gasteiger charge is -2.03. The normalized spacial score (nSPS) is 11.8. The van der Waals surface area contributed by atoms with Crippen LogP contribution in [0.25, 0.3) is 10.2 Å². The summed E-state index contributed by atoms with van der Waals surface area (Å²) in [4.78, 5) is 17.6. The van der Waals surface area contributed by atoms with Crippen LogP contribution in [0.5, 0.6) is 5.75 Å². The number of carbonyl (C=O) groups excluding carboxylic acids is 1. The standard InChI is InChI=1S/C18H18N2O2S/c1-3-11-20-15-9-4-5-10-16(15)23-18(20)19-17(21)13-7-6-8-14(12-13)22-2/h4-10,12H,3,11H2,1-2H3. The SMILES string of the molecule is CCCn1c(=NC(=O)c2cccc(OC)c2)sc2ccccc21. The molecule has 0 bridgehead atoms. The second kappa shape index (κ2) is 6.79. The van der Waals surface area contributed by atoms with E-state index in [0.717, 1.165) is 28.0 Å². The molecule has 1 amide bonds. The molecule has 3 aromatic rings. The number of ether oxygens (including phenoxy) is 1. The van der Waals surface area contributed by atoms with Crippen molar-refractivity contribution in [1.82, 2.24) is 4.57 Å². The number of para-hydroxylation sites is 1. The fourth-order valence-electron chi connectivity index (χ4n) is 2.45. The van der Waals surface area contributed by atoms with Crippen molar-refractivity contribution in [3.8, 4) is 5.75 Å². The van der Waals surface area contributed by atoms with Gasteiger partial charge in [-0.2, -0.15) is 4.99 Å². The van der Waals surface area contributed by atoms with Gasteiger partial charge >= 0.3 is 0 Å². The average molecular weight is 326 g/mol. The quantitative estimate of drug-likeness (QED) is 0.730. The number of aryl methyl sites for hydroxylation is 1.